The maximum Gasteiger partial charge on any atom is 0.257 e. The van der Waals surface area contributed by atoms with E-state index in [-0.39, 0.29) is 17.6 Å². The van der Waals surface area contributed by atoms with Gasteiger partial charge in [0.25, 0.3) is 5.91 Å². The number of carbonyl (C=O) groups is 1. The average molecular weight is 355 g/mol. The number of nitrogen functional groups attached to an aromatic ring is 1. The molecule has 1 saturated carbocycles. The van der Waals surface area contributed by atoms with Crippen LogP contribution in [-0.4, -0.2) is 45.9 Å². The zero-order chi connectivity index (χ0) is 18.1. The number of anilines is 1. The van der Waals surface area contributed by atoms with Crippen LogP contribution in [0, 0.1) is 5.82 Å². The van der Waals surface area contributed by atoms with Crippen LogP contribution in [-0.2, 0) is 0 Å². The van der Waals surface area contributed by atoms with E-state index in [0.29, 0.717) is 23.0 Å². The molecule has 7 heteroatoms. The van der Waals surface area contributed by atoms with Crippen molar-refractivity contribution < 1.29 is 9.18 Å². The van der Waals surface area contributed by atoms with Gasteiger partial charge in [-0.05, 0) is 57.0 Å². The molecule has 4 rings (SSSR count). The molecular formula is C19H22FN5O. The Bertz CT molecular complexity index is 800. The number of benzene rings is 1. The first kappa shape index (κ1) is 16.9. The third-order valence-corrected chi connectivity index (χ3v) is 5.03. The Morgan fingerprint density at radius 3 is 2.38 bits per heavy atom. The number of hydrogen-bond donors (Lipinski definition) is 2. The molecule has 1 amide bonds. The van der Waals surface area contributed by atoms with Gasteiger partial charge in [0.15, 0.2) is 5.82 Å². The van der Waals surface area contributed by atoms with Gasteiger partial charge in [0.05, 0.1) is 11.3 Å². The monoisotopic (exact) mass is 355 g/mol. The molecule has 1 aromatic heterocycles. The molecule has 0 bridgehead atoms. The number of hydrogen-bond acceptors (Lipinski definition) is 5. The summed E-state index contributed by atoms with van der Waals surface area (Å²) in [5, 5.41) is 3.34. The molecule has 0 radical (unpaired) electrons. The molecule has 26 heavy (non-hydrogen) atoms. The maximum absolute atomic E-state index is 13.6. The van der Waals surface area contributed by atoms with Gasteiger partial charge in [-0.15, -0.1) is 0 Å². The van der Waals surface area contributed by atoms with E-state index >= 15 is 0 Å². The van der Waals surface area contributed by atoms with Crippen molar-refractivity contribution in [3.63, 3.8) is 0 Å². The molecule has 2 heterocycles. The van der Waals surface area contributed by atoms with E-state index in [2.05, 4.69) is 15.3 Å². The highest BCUT2D eigenvalue weighted by atomic mass is 19.1. The van der Waals surface area contributed by atoms with Crippen LogP contribution in [0.3, 0.4) is 0 Å². The minimum Gasteiger partial charge on any atom is -0.396 e. The Morgan fingerprint density at radius 2 is 1.77 bits per heavy atom. The summed E-state index contributed by atoms with van der Waals surface area (Å²) in [4.78, 5) is 23.6. The Hall–Kier alpha value is -2.54. The summed E-state index contributed by atoms with van der Waals surface area (Å²) in [6.45, 7) is 1.89. The van der Waals surface area contributed by atoms with E-state index < -0.39 is 5.82 Å². The second kappa shape index (κ2) is 6.99. The lowest BCUT2D eigenvalue weighted by molar-refractivity contribution is 0.0622. The van der Waals surface area contributed by atoms with Crippen LogP contribution in [0.5, 0.6) is 0 Å². The average Bonchev–Trinajstić information content (AvgIpc) is 3.50. The molecule has 0 unspecified atom stereocenters. The molecule has 1 aliphatic carbocycles. The van der Waals surface area contributed by atoms with E-state index in [0.717, 1.165) is 38.8 Å². The smallest absolute Gasteiger partial charge is 0.257 e. The van der Waals surface area contributed by atoms with E-state index in [4.69, 9.17) is 5.73 Å². The second-order valence-electron chi connectivity index (χ2n) is 6.96. The van der Waals surface area contributed by atoms with E-state index in [1.54, 1.807) is 6.07 Å². The Morgan fingerprint density at radius 1 is 1.12 bits per heavy atom. The molecule has 0 atom stereocenters. The van der Waals surface area contributed by atoms with Gasteiger partial charge >= 0.3 is 0 Å². The molecule has 2 aromatic rings. The van der Waals surface area contributed by atoms with Crippen LogP contribution in [0.4, 0.5) is 10.1 Å². The summed E-state index contributed by atoms with van der Waals surface area (Å²) in [7, 11) is 0. The summed E-state index contributed by atoms with van der Waals surface area (Å²) in [6, 6.07) is 5.08. The lowest BCUT2D eigenvalue weighted by atomic mass is 10.0. The predicted molar refractivity (Wildman–Crippen MR) is 96.9 cm³/mol. The molecule has 2 aliphatic rings. The number of aromatic nitrogens is 2. The Labute approximate surface area is 151 Å². The lowest BCUT2D eigenvalue weighted by Crippen LogP contribution is -2.47. The molecule has 0 spiro atoms. The van der Waals surface area contributed by atoms with E-state index in [9.17, 15) is 9.18 Å². The molecule has 1 saturated heterocycles. The number of halogens is 1. The van der Waals surface area contributed by atoms with Gasteiger partial charge in [-0.1, -0.05) is 0 Å². The zero-order valence-electron chi connectivity index (χ0n) is 14.5. The zero-order valence-corrected chi connectivity index (χ0v) is 14.5. The van der Waals surface area contributed by atoms with Crippen LogP contribution in [0.2, 0.25) is 0 Å². The van der Waals surface area contributed by atoms with Gasteiger partial charge in [0, 0.05) is 30.0 Å². The fraction of sp³-hybridized carbons (Fsp3) is 0.421. The molecular weight excluding hydrogens is 333 g/mol. The minimum absolute atomic E-state index is 0.00515. The van der Waals surface area contributed by atoms with Crippen LogP contribution in [0.1, 0.15) is 36.0 Å². The minimum atomic E-state index is -0.503. The highest BCUT2D eigenvalue weighted by Gasteiger charge is 2.38. The molecule has 1 aromatic carbocycles. The highest BCUT2D eigenvalue weighted by molar-refractivity contribution is 5.94. The number of carbonyl (C=O) groups excluding carboxylic acids is 1. The number of nitrogens with zero attached hydrogens (tertiary/aromatic N) is 3. The lowest BCUT2D eigenvalue weighted by Gasteiger charge is -2.35. The molecule has 6 nitrogen and oxygen atoms in total. The number of nitrogens with one attached hydrogen (secondary N) is 1. The normalized spacial score (nSPS) is 17.9. The van der Waals surface area contributed by atoms with Crippen LogP contribution >= 0.6 is 0 Å². The van der Waals surface area contributed by atoms with Crippen LogP contribution in [0.25, 0.3) is 11.4 Å². The van der Waals surface area contributed by atoms with Gasteiger partial charge in [-0.3, -0.25) is 4.79 Å². The topological polar surface area (TPSA) is 84.1 Å². The van der Waals surface area contributed by atoms with Crippen molar-refractivity contribution in [3.8, 4) is 11.4 Å². The van der Waals surface area contributed by atoms with Crippen molar-refractivity contribution in [1.82, 2.24) is 20.2 Å². The van der Waals surface area contributed by atoms with Crippen LogP contribution in [0.15, 0.2) is 30.6 Å². The highest BCUT2D eigenvalue weighted by Crippen LogP contribution is 2.32. The first-order valence-corrected chi connectivity index (χ1v) is 9.04. The van der Waals surface area contributed by atoms with Crippen molar-refractivity contribution in [3.05, 3.63) is 42.0 Å². The number of rotatable bonds is 4. The van der Waals surface area contributed by atoms with Gasteiger partial charge < -0.3 is 16.0 Å². The largest absolute Gasteiger partial charge is 0.396 e. The number of amides is 1. The van der Waals surface area contributed by atoms with Gasteiger partial charge in [0.2, 0.25) is 0 Å². The van der Waals surface area contributed by atoms with Crippen LogP contribution < -0.4 is 11.1 Å². The Kier molecular flexibility index (Phi) is 4.55. The summed E-state index contributed by atoms with van der Waals surface area (Å²) < 4.78 is 13.6. The van der Waals surface area contributed by atoms with Crippen molar-refractivity contribution in [1.29, 1.82) is 0 Å². The van der Waals surface area contributed by atoms with Crippen molar-refractivity contribution in [2.75, 3.05) is 18.8 Å². The van der Waals surface area contributed by atoms with Gasteiger partial charge in [-0.2, -0.15) is 0 Å². The molecule has 136 valence electrons. The third kappa shape index (κ3) is 3.39. The summed E-state index contributed by atoms with van der Waals surface area (Å²) >= 11 is 0. The van der Waals surface area contributed by atoms with Gasteiger partial charge in [0.1, 0.15) is 5.82 Å². The quantitative estimate of drug-likeness (QED) is 0.822. The first-order valence-electron chi connectivity index (χ1n) is 9.04. The second-order valence-corrected chi connectivity index (χ2v) is 6.96. The van der Waals surface area contributed by atoms with Crippen molar-refractivity contribution >= 4 is 11.6 Å². The number of piperidine rings is 1. The first-order chi connectivity index (χ1) is 12.6. The standard InChI is InChI=1S/C19H22FN5O/c20-16-9-12(1-4-17(16)21)18-23-10-13(11-24-18)19(26)25(14-2-3-14)15-5-7-22-8-6-15/h1,4,9-11,14-15,22H,2-3,5-8,21H2. The van der Waals surface area contributed by atoms with E-state index in [1.807, 2.05) is 4.90 Å². The maximum atomic E-state index is 13.6. The predicted octanol–water partition coefficient (Wildman–Crippen LogP) is 2.22. The van der Waals surface area contributed by atoms with Crippen molar-refractivity contribution in [2.45, 2.75) is 37.8 Å². The molecule has 3 N–H and O–H groups in total. The fourth-order valence-electron chi connectivity index (χ4n) is 3.47. The van der Waals surface area contributed by atoms with Gasteiger partial charge in [-0.25, -0.2) is 14.4 Å². The molecule has 2 fully saturated rings. The SMILES string of the molecule is Nc1ccc(-c2ncc(C(=O)N(C3CCNCC3)C3CC3)cn2)cc1F. The Balaban J connectivity index is 1.55. The van der Waals surface area contributed by atoms with Crippen molar-refractivity contribution in [2.24, 2.45) is 0 Å². The third-order valence-electron chi connectivity index (χ3n) is 5.03. The number of nitrogens with two attached hydrogens (primary N) is 1. The molecule has 1 aliphatic heterocycles. The summed E-state index contributed by atoms with van der Waals surface area (Å²) in [6.07, 6.45) is 7.17. The van der Waals surface area contributed by atoms with E-state index in [1.165, 1.54) is 24.5 Å². The fourth-order valence-corrected chi connectivity index (χ4v) is 3.47. The summed E-state index contributed by atoms with van der Waals surface area (Å²) in [5.74, 6) is -0.133. The summed E-state index contributed by atoms with van der Waals surface area (Å²) in [5.41, 5.74) is 6.60.